The molecule has 3 heterocycles. The number of rotatable bonds is 2. The van der Waals surface area contributed by atoms with Gasteiger partial charge in [-0.15, -0.1) is 0 Å². The molecule has 0 radical (unpaired) electrons. The van der Waals surface area contributed by atoms with Crippen LogP contribution in [0.5, 0.6) is 0 Å². The van der Waals surface area contributed by atoms with Crippen molar-refractivity contribution >= 4 is 11.9 Å². The average molecular weight is 330 g/mol. The minimum Gasteiger partial charge on any atom is -0.379 e. The Bertz CT molecular complexity index is 667. The molecule has 2 aliphatic heterocycles. The number of ether oxygens (including phenoxy) is 1. The van der Waals surface area contributed by atoms with E-state index in [1.165, 1.54) is 11.3 Å². The Morgan fingerprint density at radius 2 is 2.12 bits per heavy atom. The summed E-state index contributed by atoms with van der Waals surface area (Å²) >= 11 is 0. The van der Waals surface area contributed by atoms with Gasteiger partial charge >= 0.3 is 0 Å². The molecular formula is C18H26N4O2. The summed E-state index contributed by atoms with van der Waals surface area (Å²) < 4.78 is 5.29. The van der Waals surface area contributed by atoms with Crippen LogP contribution in [0.3, 0.4) is 0 Å². The highest BCUT2D eigenvalue weighted by molar-refractivity contribution is 5.83. The van der Waals surface area contributed by atoms with Gasteiger partial charge in [-0.3, -0.25) is 4.79 Å². The van der Waals surface area contributed by atoms with Crippen LogP contribution in [-0.2, 0) is 21.4 Å². The molecule has 6 nitrogen and oxygen atoms in total. The third-order valence-electron chi connectivity index (χ3n) is 5.85. The molecule has 1 amide bonds. The van der Waals surface area contributed by atoms with Crippen LogP contribution in [0.2, 0.25) is 0 Å². The van der Waals surface area contributed by atoms with E-state index in [1.807, 2.05) is 32.1 Å². The van der Waals surface area contributed by atoms with Gasteiger partial charge in [-0.05, 0) is 38.2 Å². The lowest BCUT2D eigenvalue weighted by molar-refractivity contribution is -0.170. The maximum Gasteiger partial charge on any atom is 0.233 e. The van der Waals surface area contributed by atoms with Crippen LogP contribution >= 0.6 is 0 Å². The molecule has 0 saturated carbocycles. The summed E-state index contributed by atoms with van der Waals surface area (Å²) in [5.74, 6) is 1.01. The smallest absolute Gasteiger partial charge is 0.233 e. The van der Waals surface area contributed by atoms with Crippen molar-refractivity contribution in [2.75, 3.05) is 45.3 Å². The molecule has 130 valence electrons. The molecule has 2 saturated heterocycles. The van der Waals surface area contributed by atoms with Gasteiger partial charge in [0.2, 0.25) is 11.9 Å². The lowest BCUT2D eigenvalue weighted by Gasteiger charge is -2.46. The van der Waals surface area contributed by atoms with E-state index in [1.54, 1.807) is 0 Å². The van der Waals surface area contributed by atoms with Crippen LogP contribution in [0.1, 0.15) is 37.4 Å². The molecule has 0 aromatic carbocycles. The first kappa shape index (κ1) is 15.8. The lowest BCUT2D eigenvalue weighted by atomic mass is 9.76. The second-order valence-corrected chi connectivity index (χ2v) is 8.10. The van der Waals surface area contributed by atoms with Crippen molar-refractivity contribution in [2.45, 2.75) is 38.0 Å². The molecule has 4 rings (SSSR count). The summed E-state index contributed by atoms with van der Waals surface area (Å²) in [7, 11) is 3.94. The fourth-order valence-electron chi connectivity index (χ4n) is 4.36. The fraction of sp³-hybridized carbons (Fsp3) is 0.722. The van der Waals surface area contributed by atoms with Crippen molar-refractivity contribution in [2.24, 2.45) is 5.41 Å². The number of aryl methyl sites for hydroxylation is 1. The van der Waals surface area contributed by atoms with E-state index in [4.69, 9.17) is 9.72 Å². The molecule has 1 aliphatic carbocycles. The first-order chi connectivity index (χ1) is 11.4. The number of piperidine rings is 1. The number of likely N-dealkylation sites (tertiary alicyclic amines) is 1. The molecule has 3 aliphatic rings. The first-order valence-corrected chi connectivity index (χ1v) is 8.84. The molecule has 2 fully saturated rings. The summed E-state index contributed by atoms with van der Waals surface area (Å²) in [6.07, 6.45) is 6.23. The maximum atomic E-state index is 12.9. The van der Waals surface area contributed by atoms with Crippen molar-refractivity contribution in [1.82, 2.24) is 14.9 Å². The zero-order valence-electron chi connectivity index (χ0n) is 14.8. The van der Waals surface area contributed by atoms with Crippen molar-refractivity contribution in [3.05, 3.63) is 17.5 Å². The minimum atomic E-state index is -0.319. The predicted octanol–water partition coefficient (Wildman–Crippen LogP) is 1.39. The lowest BCUT2D eigenvalue weighted by Crippen LogP contribution is -2.57. The summed E-state index contributed by atoms with van der Waals surface area (Å²) in [4.78, 5) is 26.3. The topological polar surface area (TPSA) is 58.6 Å². The number of anilines is 1. The van der Waals surface area contributed by atoms with E-state index < -0.39 is 0 Å². The number of amides is 1. The molecule has 24 heavy (non-hydrogen) atoms. The standard InChI is InChI=1S/C18H26N4O2/c1-17(11-24-12-17)15(23)22-8-4-6-18(10-22)7-5-13-9-19-16(21(2)3)20-14(13)18/h9H,4-8,10-12H2,1-3H3. The van der Waals surface area contributed by atoms with Crippen LogP contribution in [0.25, 0.3) is 0 Å². The van der Waals surface area contributed by atoms with Crippen LogP contribution in [0.15, 0.2) is 6.20 Å². The number of carbonyl (C=O) groups is 1. The van der Waals surface area contributed by atoms with Gasteiger partial charge in [0.05, 0.1) is 24.3 Å². The molecule has 1 aromatic rings. The zero-order valence-corrected chi connectivity index (χ0v) is 14.8. The van der Waals surface area contributed by atoms with Gasteiger partial charge < -0.3 is 14.5 Å². The van der Waals surface area contributed by atoms with Gasteiger partial charge in [0.15, 0.2) is 0 Å². The van der Waals surface area contributed by atoms with E-state index in [0.29, 0.717) is 13.2 Å². The molecule has 6 heteroatoms. The number of carbonyl (C=O) groups excluding carboxylic acids is 1. The molecule has 1 spiro atoms. The second kappa shape index (κ2) is 5.41. The predicted molar refractivity (Wildman–Crippen MR) is 91.1 cm³/mol. The highest BCUT2D eigenvalue weighted by atomic mass is 16.5. The van der Waals surface area contributed by atoms with Gasteiger partial charge in [0, 0.05) is 38.8 Å². The SMILES string of the molecule is CN(C)c1ncc2c(n1)C1(CCCN(C(=O)C3(C)COC3)C1)CC2. The van der Waals surface area contributed by atoms with Crippen LogP contribution in [0, 0.1) is 5.41 Å². The third kappa shape index (κ3) is 2.31. The molecular weight excluding hydrogens is 304 g/mol. The highest BCUT2D eigenvalue weighted by Gasteiger charge is 2.49. The van der Waals surface area contributed by atoms with Gasteiger partial charge in [-0.2, -0.15) is 0 Å². The second-order valence-electron chi connectivity index (χ2n) is 8.10. The number of aromatic nitrogens is 2. The van der Waals surface area contributed by atoms with Crippen molar-refractivity contribution in [3.63, 3.8) is 0 Å². The van der Waals surface area contributed by atoms with Gasteiger partial charge in [0.25, 0.3) is 0 Å². The Kier molecular flexibility index (Phi) is 3.56. The number of nitrogens with zero attached hydrogens (tertiary/aromatic N) is 4. The Hall–Kier alpha value is -1.69. The summed E-state index contributed by atoms with van der Waals surface area (Å²) in [5, 5.41) is 0. The highest BCUT2D eigenvalue weighted by Crippen LogP contribution is 2.45. The van der Waals surface area contributed by atoms with E-state index in [9.17, 15) is 4.79 Å². The normalized spacial score (nSPS) is 27.7. The molecule has 1 aromatic heterocycles. The first-order valence-electron chi connectivity index (χ1n) is 8.84. The summed E-state index contributed by atoms with van der Waals surface area (Å²) in [6.45, 7) is 4.78. The van der Waals surface area contributed by atoms with E-state index >= 15 is 0 Å². The van der Waals surface area contributed by atoms with Crippen molar-refractivity contribution in [1.29, 1.82) is 0 Å². The number of hydrogen-bond donors (Lipinski definition) is 0. The van der Waals surface area contributed by atoms with E-state index in [-0.39, 0.29) is 16.7 Å². The Morgan fingerprint density at radius 3 is 2.79 bits per heavy atom. The number of fused-ring (bicyclic) bond motifs is 2. The van der Waals surface area contributed by atoms with Gasteiger partial charge in [-0.1, -0.05) is 0 Å². The Labute approximate surface area is 143 Å². The van der Waals surface area contributed by atoms with Crippen LogP contribution < -0.4 is 4.90 Å². The Balaban J connectivity index is 1.63. The molecule has 1 unspecified atom stereocenters. The largest absolute Gasteiger partial charge is 0.379 e. The monoisotopic (exact) mass is 330 g/mol. The third-order valence-corrected chi connectivity index (χ3v) is 5.85. The fourth-order valence-corrected chi connectivity index (χ4v) is 4.36. The zero-order chi connectivity index (χ0) is 16.9. The molecule has 0 bridgehead atoms. The van der Waals surface area contributed by atoms with Crippen molar-refractivity contribution < 1.29 is 9.53 Å². The molecule has 0 N–H and O–H groups in total. The quantitative estimate of drug-likeness (QED) is 0.820. The molecule has 1 atom stereocenters. The maximum absolute atomic E-state index is 12.9. The van der Waals surface area contributed by atoms with Crippen molar-refractivity contribution in [3.8, 4) is 0 Å². The summed E-state index contributed by atoms with van der Waals surface area (Å²) in [6, 6.07) is 0. The van der Waals surface area contributed by atoms with Gasteiger partial charge in [-0.25, -0.2) is 9.97 Å². The minimum absolute atomic E-state index is 0.0118. The average Bonchev–Trinajstić information content (AvgIpc) is 2.89. The van der Waals surface area contributed by atoms with E-state index in [2.05, 4.69) is 9.88 Å². The van der Waals surface area contributed by atoms with Crippen LogP contribution in [-0.4, -0.2) is 61.2 Å². The van der Waals surface area contributed by atoms with Crippen LogP contribution in [0.4, 0.5) is 5.95 Å². The van der Waals surface area contributed by atoms with E-state index in [0.717, 1.165) is 44.7 Å². The number of hydrogen-bond acceptors (Lipinski definition) is 5. The Morgan fingerprint density at radius 1 is 1.33 bits per heavy atom. The van der Waals surface area contributed by atoms with Gasteiger partial charge in [0.1, 0.15) is 0 Å². The summed E-state index contributed by atoms with van der Waals surface area (Å²) in [5.41, 5.74) is 2.13.